The van der Waals surface area contributed by atoms with Crippen LogP contribution >= 0.6 is 0 Å². The molecule has 4 N–H and O–H groups in total. The Balaban J connectivity index is 2.64. The van der Waals surface area contributed by atoms with Crippen LogP contribution in [0.5, 0.6) is 5.75 Å². The van der Waals surface area contributed by atoms with E-state index >= 15 is 0 Å². The van der Waals surface area contributed by atoms with Crippen LogP contribution in [0.25, 0.3) is 0 Å². The van der Waals surface area contributed by atoms with Crippen LogP contribution in [0.3, 0.4) is 0 Å². The van der Waals surface area contributed by atoms with Gasteiger partial charge >= 0.3 is 5.97 Å². The molecule has 0 bridgehead atoms. The number of hydrogen-bond donors (Lipinski definition) is 3. The lowest BCUT2D eigenvalue weighted by Gasteiger charge is -2.10. The number of carboxylic acid groups (broad SMARTS) is 1. The molecule has 0 aromatic heterocycles. The first-order valence-electron chi connectivity index (χ1n) is 4.95. The van der Waals surface area contributed by atoms with Crippen LogP contribution in [0.1, 0.15) is 6.42 Å². The third-order valence-electron chi connectivity index (χ3n) is 2.07. The minimum absolute atomic E-state index is 0.407. The third kappa shape index (κ3) is 4.12. The van der Waals surface area contributed by atoms with Gasteiger partial charge in [-0.2, -0.15) is 0 Å². The van der Waals surface area contributed by atoms with E-state index < -0.39 is 24.3 Å². The number of carboxylic acids is 1. The standard InChI is InChI=1S/C11H14N2O4/c1-17-8-4-2-3-7(5-8)13-11(16)9(12)6-10(14)15/h2-5,9H,6,12H2,1H3,(H,13,16)(H,14,15). The summed E-state index contributed by atoms with van der Waals surface area (Å²) < 4.78 is 4.98. The van der Waals surface area contributed by atoms with Crippen molar-refractivity contribution < 1.29 is 19.4 Å². The van der Waals surface area contributed by atoms with E-state index in [-0.39, 0.29) is 0 Å². The zero-order valence-corrected chi connectivity index (χ0v) is 9.34. The highest BCUT2D eigenvalue weighted by Crippen LogP contribution is 2.16. The van der Waals surface area contributed by atoms with Gasteiger partial charge in [-0.05, 0) is 12.1 Å². The highest BCUT2D eigenvalue weighted by Gasteiger charge is 2.16. The van der Waals surface area contributed by atoms with Crippen molar-refractivity contribution in [2.24, 2.45) is 5.73 Å². The van der Waals surface area contributed by atoms with Crippen LogP contribution in [0, 0.1) is 0 Å². The summed E-state index contributed by atoms with van der Waals surface area (Å²) in [5.74, 6) is -1.06. The molecule has 1 aromatic carbocycles. The van der Waals surface area contributed by atoms with E-state index in [0.717, 1.165) is 0 Å². The maximum absolute atomic E-state index is 11.5. The lowest BCUT2D eigenvalue weighted by atomic mass is 10.2. The molecule has 0 saturated carbocycles. The average Bonchev–Trinajstić information content (AvgIpc) is 2.28. The molecule has 0 saturated heterocycles. The fourth-order valence-electron chi connectivity index (χ4n) is 1.22. The molecule has 0 fully saturated rings. The second kappa shape index (κ2) is 5.86. The molecular weight excluding hydrogens is 224 g/mol. The Bertz CT molecular complexity index is 420. The summed E-state index contributed by atoms with van der Waals surface area (Å²) in [5, 5.41) is 11.0. The molecule has 6 nitrogen and oxygen atoms in total. The monoisotopic (exact) mass is 238 g/mol. The number of methoxy groups -OCH3 is 1. The van der Waals surface area contributed by atoms with Crippen LogP contribution in [0.2, 0.25) is 0 Å². The van der Waals surface area contributed by atoms with Gasteiger partial charge in [0.15, 0.2) is 0 Å². The topological polar surface area (TPSA) is 102 Å². The van der Waals surface area contributed by atoms with Crippen LogP contribution in [-0.4, -0.2) is 30.1 Å². The van der Waals surface area contributed by atoms with Crippen molar-refractivity contribution in [1.82, 2.24) is 0 Å². The smallest absolute Gasteiger partial charge is 0.305 e. The van der Waals surface area contributed by atoms with Gasteiger partial charge in [-0.15, -0.1) is 0 Å². The van der Waals surface area contributed by atoms with Gasteiger partial charge in [-0.1, -0.05) is 6.07 Å². The Morgan fingerprint density at radius 3 is 2.82 bits per heavy atom. The van der Waals surface area contributed by atoms with Crippen LogP contribution < -0.4 is 15.8 Å². The predicted molar refractivity (Wildman–Crippen MR) is 61.9 cm³/mol. The van der Waals surface area contributed by atoms with Gasteiger partial charge in [-0.25, -0.2) is 0 Å². The molecular formula is C11H14N2O4. The minimum Gasteiger partial charge on any atom is -0.497 e. The van der Waals surface area contributed by atoms with Crippen LogP contribution in [-0.2, 0) is 9.59 Å². The van der Waals surface area contributed by atoms with Crippen LogP contribution in [0.15, 0.2) is 24.3 Å². The van der Waals surface area contributed by atoms with Gasteiger partial charge in [0.1, 0.15) is 5.75 Å². The SMILES string of the molecule is COc1cccc(NC(=O)C(N)CC(=O)O)c1. The lowest BCUT2D eigenvalue weighted by Crippen LogP contribution is -2.37. The van der Waals surface area contributed by atoms with Crippen molar-refractivity contribution in [2.75, 3.05) is 12.4 Å². The first-order valence-corrected chi connectivity index (χ1v) is 4.95. The summed E-state index contributed by atoms with van der Waals surface area (Å²) >= 11 is 0. The van der Waals surface area contributed by atoms with Crippen molar-refractivity contribution in [2.45, 2.75) is 12.5 Å². The van der Waals surface area contributed by atoms with Gasteiger partial charge in [-0.3, -0.25) is 9.59 Å². The molecule has 1 atom stereocenters. The second-order valence-corrected chi connectivity index (χ2v) is 3.43. The first-order chi connectivity index (χ1) is 8.02. The molecule has 0 aliphatic carbocycles. The molecule has 1 aromatic rings. The van der Waals surface area contributed by atoms with E-state index in [1.54, 1.807) is 24.3 Å². The number of nitrogens with one attached hydrogen (secondary N) is 1. The fraction of sp³-hybridized carbons (Fsp3) is 0.273. The number of aliphatic carboxylic acids is 1. The zero-order valence-electron chi connectivity index (χ0n) is 9.34. The normalized spacial score (nSPS) is 11.6. The molecule has 92 valence electrons. The number of nitrogens with two attached hydrogens (primary N) is 1. The van der Waals surface area contributed by atoms with E-state index in [1.807, 2.05) is 0 Å². The van der Waals surface area contributed by atoms with Crippen LogP contribution in [0.4, 0.5) is 5.69 Å². The van der Waals surface area contributed by atoms with E-state index in [2.05, 4.69) is 5.32 Å². The highest BCUT2D eigenvalue weighted by atomic mass is 16.5. The van der Waals surface area contributed by atoms with E-state index in [4.69, 9.17) is 15.6 Å². The molecule has 0 aliphatic rings. The Morgan fingerprint density at radius 2 is 2.24 bits per heavy atom. The van der Waals surface area contributed by atoms with E-state index in [0.29, 0.717) is 11.4 Å². The summed E-state index contributed by atoms with van der Waals surface area (Å²) in [5.41, 5.74) is 5.92. The maximum atomic E-state index is 11.5. The summed E-state index contributed by atoms with van der Waals surface area (Å²) in [6.45, 7) is 0. The number of anilines is 1. The molecule has 0 spiro atoms. The number of ether oxygens (including phenoxy) is 1. The quantitative estimate of drug-likeness (QED) is 0.690. The van der Waals surface area contributed by atoms with Gasteiger partial charge in [0.25, 0.3) is 0 Å². The first kappa shape index (κ1) is 13.0. The Kier molecular flexibility index (Phi) is 4.47. The van der Waals surface area contributed by atoms with Crippen molar-refractivity contribution in [3.05, 3.63) is 24.3 Å². The number of amides is 1. The largest absolute Gasteiger partial charge is 0.497 e. The zero-order chi connectivity index (χ0) is 12.8. The van der Waals surface area contributed by atoms with Crippen molar-refractivity contribution in [3.63, 3.8) is 0 Å². The number of carbonyl (C=O) groups is 2. The molecule has 17 heavy (non-hydrogen) atoms. The molecule has 1 unspecified atom stereocenters. The van der Waals surface area contributed by atoms with Gasteiger partial charge in [0.2, 0.25) is 5.91 Å². The Hall–Kier alpha value is -2.08. The van der Waals surface area contributed by atoms with E-state index in [1.165, 1.54) is 7.11 Å². The maximum Gasteiger partial charge on any atom is 0.305 e. The molecule has 0 radical (unpaired) electrons. The van der Waals surface area contributed by atoms with Gasteiger partial charge < -0.3 is 20.9 Å². The van der Waals surface area contributed by atoms with E-state index in [9.17, 15) is 9.59 Å². The fourth-order valence-corrected chi connectivity index (χ4v) is 1.22. The Labute approximate surface area is 98.4 Å². The molecule has 6 heteroatoms. The highest BCUT2D eigenvalue weighted by molar-refractivity contribution is 5.96. The van der Waals surface area contributed by atoms with Crippen molar-refractivity contribution in [3.8, 4) is 5.75 Å². The minimum atomic E-state index is -1.11. The van der Waals surface area contributed by atoms with Crippen molar-refractivity contribution in [1.29, 1.82) is 0 Å². The van der Waals surface area contributed by atoms with Crippen molar-refractivity contribution >= 4 is 17.6 Å². The summed E-state index contributed by atoms with van der Waals surface area (Å²) in [4.78, 5) is 21.9. The van der Waals surface area contributed by atoms with Gasteiger partial charge in [0.05, 0.1) is 19.6 Å². The third-order valence-corrected chi connectivity index (χ3v) is 2.07. The molecule has 1 amide bonds. The van der Waals surface area contributed by atoms with Gasteiger partial charge in [0, 0.05) is 11.8 Å². The molecule has 0 aliphatic heterocycles. The predicted octanol–water partition coefficient (Wildman–Crippen LogP) is 0.436. The summed E-state index contributed by atoms with van der Waals surface area (Å²) in [6, 6.07) is 5.64. The second-order valence-electron chi connectivity index (χ2n) is 3.43. The number of carbonyl (C=O) groups excluding carboxylic acids is 1. The molecule has 1 rings (SSSR count). The molecule has 0 heterocycles. The average molecular weight is 238 g/mol. The number of rotatable bonds is 5. The Morgan fingerprint density at radius 1 is 1.53 bits per heavy atom. The summed E-state index contributed by atoms with van der Waals surface area (Å²) in [6.07, 6.45) is -0.407. The number of benzene rings is 1. The summed E-state index contributed by atoms with van der Waals surface area (Å²) in [7, 11) is 1.51. The number of hydrogen-bond acceptors (Lipinski definition) is 4. The lowest BCUT2D eigenvalue weighted by molar-refractivity contribution is -0.138.